The molecule has 1 heterocycles. The summed E-state index contributed by atoms with van der Waals surface area (Å²) < 4.78 is 5.19. The van der Waals surface area contributed by atoms with Crippen LogP contribution >= 0.6 is 24.0 Å². The number of halogens is 1. The lowest BCUT2D eigenvalue weighted by Gasteiger charge is -2.19. The molecule has 0 aliphatic carbocycles. The molecular formula is C18H33IN6O2. The summed E-state index contributed by atoms with van der Waals surface area (Å²) in [5.41, 5.74) is 0.610. The van der Waals surface area contributed by atoms with Crippen molar-refractivity contribution in [3.63, 3.8) is 0 Å². The molecule has 0 aliphatic rings. The highest BCUT2D eigenvalue weighted by atomic mass is 127. The second kappa shape index (κ2) is 12.6. The van der Waals surface area contributed by atoms with Crippen LogP contribution in [0.2, 0.25) is 0 Å². The molecule has 1 amide bonds. The number of hydrogen-bond acceptors (Lipinski definition) is 5. The van der Waals surface area contributed by atoms with Gasteiger partial charge in [-0.1, -0.05) is 6.07 Å². The van der Waals surface area contributed by atoms with Crippen LogP contribution in [-0.2, 0) is 11.3 Å². The molecule has 0 radical (unpaired) electrons. The van der Waals surface area contributed by atoms with Gasteiger partial charge in [-0.2, -0.15) is 0 Å². The van der Waals surface area contributed by atoms with Gasteiger partial charge in [0.1, 0.15) is 11.4 Å². The van der Waals surface area contributed by atoms with Crippen molar-refractivity contribution in [3.05, 3.63) is 23.9 Å². The topological polar surface area (TPSA) is 90.9 Å². The van der Waals surface area contributed by atoms with Crippen LogP contribution in [0.5, 0.6) is 0 Å². The Labute approximate surface area is 179 Å². The molecule has 27 heavy (non-hydrogen) atoms. The highest BCUT2D eigenvalue weighted by Gasteiger charge is 2.15. The minimum Gasteiger partial charge on any atom is -0.444 e. The predicted molar refractivity (Wildman–Crippen MR) is 121 cm³/mol. The Morgan fingerprint density at radius 3 is 2.48 bits per heavy atom. The number of guanidine groups is 1. The SMILES string of the molecule is CN=C(NCCCNC(=O)OC(C)(C)C)NCc1cccnc1N(C)C.I. The number of hydrogen-bond donors (Lipinski definition) is 3. The fraction of sp³-hybridized carbons (Fsp3) is 0.611. The van der Waals surface area contributed by atoms with Crippen LogP contribution in [0.4, 0.5) is 10.6 Å². The molecule has 1 aromatic rings. The molecule has 0 fully saturated rings. The highest BCUT2D eigenvalue weighted by molar-refractivity contribution is 14.0. The van der Waals surface area contributed by atoms with Gasteiger partial charge in [-0.15, -0.1) is 24.0 Å². The van der Waals surface area contributed by atoms with Gasteiger partial charge in [0, 0.05) is 52.5 Å². The fourth-order valence-corrected chi connectivity index (χ4v) is 2.17. The van der Waals surface area contributed by atoms with E-state index in [9.17, 15) is 4.79 Å². The van der Waals surface area contributed by atoms with E-state index in [0.29, 0.717) is 25.6 Å². The zero-order chi connectivity index (χ0) is 19.6. The third-order valence-corrected chi connectivity index (χ3v) is 3.28. The normalized spacial score (nSPS) is 11.3. The van der Waals surface area contributed by atoms with E-state index in [0.717, 1.165) is 17.8 Å². The van der Waals surface area contributed by atoms with E-state index >= 15 is 0 Å². The van der Waals surface area contributed by atoms with Gasteiger partial charge in [0.15, 0.2) is 5.96 Å². The lowest BCUT2D eigenvalue weighted by molar-refractivity contribution is 0.0527. The minimum absolute atomic E-state index is 0. The molecular weight excluding hydrogens is 459 g/mol. The number of amides is 1. The average molecular weight is 492 g/mol. The number of alkyl carbamates (subject to hydrolysis) is 1. The number of aliphatic imine (C=N–C) groups is 1. The first-order valence-electron chi connectivity index (χ1n) is 8.75. The first-order chi connectivity index (χ1) is 12.2. The second-order valence-corrected chi connectivity index (χ2v) is 7.02. The number of carbonyl (C=O) groups excluding carboxylic acids is 1. The summed E-state index contributed by atoms with van der Waals surface area (Å²) in [6.45, 7) is 7.36. The zero-order valence-corrected chi connectivity index (χ0v) is 19.5. The predicted octanol–water partition coefficient (Wildman–Crippen LogP) is 2.35. The monoisotopic (exact) mass is 492 g/mol. The number of ether oxygens (including phenoxy) is 1. The van der Waals surface area contributed by atoms with Crippen LogP contribution in [0, 0.1) is 0 Å². The quantitative estimate of drug-likeness (QED) is 0.234. The number of carbonyl (C=O) groups is 1. The number of nitrogens with one attached hydrogen (secondary N) is 3. The first kappa shape index (κ1) is 25.2. The van der Waals surface area contributed by atoms with E-state index < -0.39 is 11.7 Å². The van der Waals surface area contributed by atoms with E-state index in [1.165, 1.54) is 0 Å². The molecule has 0 saturated heterocycles. The number of anilines is 1. The Balaban J connectivity index is 0.00000676. The largest absolute Gasteiger partial charge is 0.444 e. The van der Waals surface area contributed by atoms with E-state index in [2.05, 4.69) is 25.9 Å². The third-order valence-electron chi connectivity index (χ3n) is 3.28. The smallest absolute Gasteiger partial charge is 0.407 e. The van der Waals surface area contributed by atoms with Crippen LogP contribution < -0.4 is 20.9 Å². The van der Waals surface area contributed by atoms with Crippen molar-refractivity contribution < 1.29 is 9.53 Å². The lowest BCUT2D eigenvalue weighted by Crippen LogP contribution is -2.39. The van der Waals surface area contributed by atoms with Crippen molar-refractivity contribution in [1.82, 2.24) is 20.9 Å². The maximum Gasteiger partial charge on any atom is 0.407 e. The number of rotatable bonds is 7. The number of pyridine rings is 1. The summed E-state index contributed by atoms with van der Waals surface area (Å²) in [7, 11) is 5.66. The van der Waals surface area contributed by atoms with Gasteiger partial charge in [-0.3, -0.25) is 4.99 Å². The number of aromatic nitrogens is 1. The lowest BCUT2D eigenvalue weighted by atomic mass is 10.2. The Hall–Kier alpha value is -1.78. The van der Waals surface area contributed by atoms with E-state index in [1.807, 2.05) is 51.9 Å². The van der Waals surface area contributed by atoms with Crippen molar-refractivity contribution >= 4 is 41.8 Å². The molecule has 1 rings (SSSR count). The van der Waals surface area contributed by atoms with Gasteiger partial charge in [0.2, 0.25) is 0 Å². The molecule has 0 atom stereocenters. The molecule has 0 spiro atoms. The third kappa shape index (κ3) is 10.8. The summed E-state index contributed by atoms with van der Waals surface area (Å²) in [6, 6.07) is 3.95. The molecule has 3 N–H and O–H groups in total. The maximum atomic E-state index is 11.6. The molecule has 0 aromatic carbocycles. The van der Waals surface area contributed by atoms with Crippen molar-refractivity contribution in [2.75, 3.05) is 39.1 Å². The Morgan fingerprint density at radius 1 is 1.22 bits per heavy atom. The van der Waals surface area contributed by atoms with Crippen LogP contribution in [0.3, 0.4) is 0 Å². The van der Waals surface area contributed by atoms with Crippen LogP contribution in [0.1, 0.15) is 32.8 Å². The minimum atomic E-state index is -0.480. The van der Waals surface area contributed by atoms with Gasteiger partial charge in [0.25, 0.3) is 0 Å². The summed E-state index contributed by atoms with van der Waals surface area (Å²) >= 11 is 0. The van der Waals surface area contributed by atoms with E-state index in [4.69, 9.17) is 4.74 Å². The fourth-order valence-electron chi connectivity index (χ4n) is 2.17. The molecule has 0 aliphatic heterocycles. The summed E-state index contributed by atoms with van der Waals surface area (Å²) in [6.07, 6.45) is 2.15. The van der Waals surface area contributed by atoms with Crippen molar-refractivity contribution in [2.24, 2.45) is 4.99 Å². The summed E-state index contributed by atoms with van der Waals surface area (Å²) in [4.78, 5) is 22.1. The molecule has 9 heteroatoms. The highest BCUT2D eigenvalue weighted by Crippen LogP contribution is 2.13. The Bertz CT molecular complexity index is 602. The maximum absolute atomic E-state index is 11.6. The van der Waals surface area contributed by atoms with E-state index in [-0.39, 0.29) is 24.0 Å². The van der Waals surface area contributed by atoms with Gasteiger partial charge in [0.05, 0.1) is 0 Å². The van der Waals surface area contributed by atoms with Gasteiger partial charge in [-0.25, -0.2) is 9.78 Å². The summed E-state index contributed by atoms with van der Waals surface area (Å²) in [5.74, 6) is 1.63. The van der Waals surface area contributed by atoms with Crippen molar-refractivity contribution in [3.8, 4) is 0 Å². The molecule has 0 bridgehead atoms. The summed E-state index contributed by atoms with van der Waals surface area (Å²) in [5, 5.41) is 9.23. The standard InChI is InChI=1S/C18H32N6O2.HI/c1-18(2,3)26-17(25)22-12-8-11-21-16(19-4)23-13-14-9-7-10-20-15(14)24(5)6;/h7,9-10H,8,11-13H2,1-6H3,(H,22,25)(H2,19,21,23);1H. The zero-order valence-electron chi connectivity index (χ0n) is 17.1. The van der Waals surface area contributed by atoms with Gasteiger partial charge < -0.3 is 25.6 Å². The Morgan fingerprint density at radius 2 is 1.89 bits per heavy atom. The average Bonchev–Trinajstić information content (AvgIpc) is 2.55. The molecule has 154 valence electrons. The van der Waals surface area contributed by atoms with Crippen molar-refractivity contribution in [1.29, 1.82) is 0 Å². The first-order valence-corrected chi connectivity index (χ1v) is 8.75. The number of nitrogens with zero attached hydrogens (tertiary/aromatic N) is 3. The Kier molecular flexibility index (Phi) is 11.7. The van der Waals surface area contributed by atoms with Crippen molar-refractivity contribution in [2.45, 2.75) is 39.3 Å². The molecule has 0 saturated carbocycles. The van der Waals surface area contributed by atoms with Gasteiger partial charge in [-0.05, 0) is 33.3 Å². The van der Waals surface area contributed by atoms with Gasteiger partial charge >= 0.3 is 6.09 Å². The second-order valence-electron chi connectivity index (χ2n) is 7.02. The molecule has 0 unspecified atom stereocenters. The van der Waals surface area contributed by atoms with Crippen LogP contribution in [-0.4, -0.2) is 56.9 Å². The molecule has 1 aromatic heterocycles. The van der Waals surface area contributed by atoms with Crippen LogP contribution in [0.15, 0.2) is 23.3 Å². The van der Waals surface area contributed by atoms with E-state index in [1.54, 1.807) is 13.2 Å². The van der Waals surface area contributed by atoms with Crippen LogP contribution in [0.25, 0.3) is 0 Å². The molecule has 8 nitrogen and oxygen atoms in total.